The number of hydrogen-bond donors (Lipinski definition) is 0. The number of methoxy groups -OCH3 is 1. The van der Waals surface area contributed by atoms with Crippen LogP contribution in [0.15, 0.2) is 87.8 Å². The van der Waals surface area contributed by atoms with Gasteiger partial charge in [0.05, 0.1) is 7.11 Å². The summed E-state index contributed by atoms with van der Waals surface area (Å²) in [5, 5.41) is 0. The van der Waals surface area contributed by atoms with Crippen LogP contribution in [0.5, 0.6) is 5.75 Å². The molecule has 3 heteroatoms. The molecule has 0 bridgehead atoms. The first-order valence-electron chi connectivity index (χ1n) is 7.47. The highest BCUT2D eigenvalue weighted by Crippen LogP contribution is 2.27. The number of rotatable bonds is 3. The zero-order valence-electron chi connectivity index (χ0n) is 13.3. The molecular formula is C21H18Br2O. The van der Waals surface area contributed by atoms with Gasteiger partial charge < -0.3 is 4.74 Å². The third-order valence-corrected chi connectivity index (χ3v) is 5.29. The smallest absolute Gasteiger partial charge is 0.118 e. The lowest BCUT2D eigenvalue weighted by Gasteiger charge is -2.00. The van der Waals surface area contributed by atoms with E-state index in [-0.39, 0.29) is 0 Å². The Morgan fingerprint density at radius 3 is 1.92 bits per heavy atom. The van der Waals surface area contributed by atoms with Crippen molar-refractivity contribution in [2.45, 2.75) is 0 Å². The third kappa shape index (κ3) is 5.99. The van der Waals surface area contributed by atoms with Crippen LogP contribution in [0.3, 0.4) is 0 Å². The standard InChI is InChI=1S/C14H10Br2.C7H8O/c15-13-8-4-7-12(14(13)16)10-9-11-5-2-1-3-6-11;1-8-7-5-3-2-4-6-7/h1-10H;2-6H,1H3. The predicted octanol–water partition coefficient (Wildman–Crippen LogP) is 7.08. The van der Waals surface area contributed by atoms with Crippen molar-refractivity contribution < 1.29 is 4.74 Å². The Morgan fingerprint density at radius 1 is 0.708 bits per heavy atom. The number of para-hydroxylation sites is 1. The van der Waals surface area contributed by atoms with E-state index in [1.165, 1.54) is 11.1 Å². The van der Waals surface area contributed by atoms with E-state index >= 15 is 0 Å². The molecule has 0 saturated heterocycles. The van der Waals surface area contributed by atoms with Gasteiger partial charge in [0.15, 0.2) is 0 Å². The van der Waals surface area contributed by atoms with Crippen LogP contribution in [0.1, 0.15) is 11.1 Å². The van der Waals surface area contributed by atoms with Crippen LogP contribution in [-0.4, -0.2) is 7.11 Å². The fraction of sp³-hybridized carbons (Fsp3) is 0.0476. The van der Waals surface area contributed by atoms with Crippen LogP contribution in [0.2, 0.25) is 0 Å². The summed E-state index contributed by atoms with van der Waals surface area (Å²) in [6.45, 7) is 0. The second-order valence-electron chi connectivity index (χ2n) is 4.90. The quantitative estimate of drug-likeness (QED) is 0.391. The van der Waals surface area contributed by atoms with E-state index in [9.17, 15) is 0 Å². The fourth-order valence-corrected chi connectivity index (χ4v) is 2.73. The van der Waals surface area contributed by atoms with E-state index in [4.69, 9.17) is 4.74 Å². The van der Waals surface area contributed by atoms with Crippen molar-refractivity contribution in [2.75, 3.05) is 7.11 Å². The van der Waals surface area contributed by atoms with E-state index < -0.39 is 0 Å². The van der Waals surface area contributed by atoms with Crippen molar-refractivity contribution in [3.63, 3.8) is 0 Å². The molecular weight excluding hydrogens is 428 g/mol. The van der Waals surface area contributed by atoms with Crippen molar-refractivity contribution in [3.05, 3.63) is 98.9 Å². The highest BCUT2D eigenvalue weighted by Gasteiger charge is 1.99. The molecule has 0 aliphatic rings. The van der Waals surface area contributed by atoms with Gasteiger partial charge in [-0.05, 0) is 61.2 Å². The van der Waals surface area contributed by atoms with Crippen molar-refractivity contribution in [1.82, 2.24) is 0 Å². The molecule has 0 spiro atoms. The van der Waals surface area contributed by atoms with Gasteiger partial charge in [-0.2, -0.15) is 0 Å². The highest BCUT2D eigenvalue weighted by molar-refractivity contribution is 9.13. The Morgan fingerprint density at radius 2 is 1.33 bits per heavy atom. The number of halogens is 2. The molecule has 0 heterocycles. The topological polar surface area (TPSA) is 9.23 Å². The predicted molar refractivity (Wildman–Crippen MR) is 110 cm³/mol. The largest absolute Gasteiger partial charge is 0.497 e. The van der Waals surface area contributed by atoms with Crippen LogP contribution >= 0.6 is 31.9 Å². The molecule has 3 aromatic carbocycles. The molecule has 0 radical (unpaired) electrons. The first-order chi connectivity index (χ1) is 11.7. The van der Waals surface area contributed by atoms with E-state index in [0.717, 1.165) is 14.7 Å². The average molecular weight is 446 g/mol. The molecule has 24 heavy (non-hydrogen) atoms. The van der Waals surface area contributed by atoms with Gasteiger partial charge in [-0.25, -0.2) is 0 Å². The van der Waals surface area contributed by atoms with E-state index in [1.54, 1.807) is 7.11 Å². The SMILES string of the molecule is Brc1cccc(C=Cc2ccccc2)c1Br.COc1ccccc1. The number of benzene rings is 3. The molecule has 0 aliphatic carbocycles. The van der Waals surface area contributed by atoms with E-state index in [2.05, 4.69) is 62.2 Å². The molecule has 3 rings (SSSR count). The summed E-state index contributed by atoms with van der Waals surface area (Å²) >= 11 is 7.05. The molecule has 122 valence electrons. The molecule has 0 saturated carbocycles. The molecule has 0 atom stereocenters. The molecule has 0 aromatic heterocycles. The second kappa shape index (κ2) is 10.1. The van der Waals surface area contributed by atoms with Gasteiger partial charge in [0.25, 0.3) is 0 Å². The van der Waals surface area contributed by atoms with Crippen LogP contribution in [0, 0.1) is 0 Å². The summed E-state index contributed by atoms with van der Waals surface area (Å²) in [6, 6.07) is 26.1. The minimum Gasteiger partial charge on any atom is -0.497 e. The normalized spacial score (nSPS) is 10.1. The van der Waals surface area contributed by atoms with Crippen LogP contribution in [0.4, 0.5) is 0 Å². The Labute approximate surface area is 160 Å². The van der Waals surface area contributed by atoms with Gasteiger partial charge in [0.2, 0.25) is 0 Å². The molecule has 0 aliphatic heterocycles. The number of hydrogen-bond acceptors (Lipinski definition) is 1. The molecule has 0 fully saturated rings. The molecule has 3 aromatic rings. The number of ether oxygens (including phenoxy) is 1. The summed E-state index contributed by atoms with van der Waals surface area (Å²) in [7, 11) is 1.66. The highest BCUT2D eigenvalue weighted by atomic mass is 79.9. The van der Waals surface area contributed by atoms with Gasteiger partial charge in [-0.3, -0.25) is 0 Å². The Hall–Kier alpha value is -1.84. The summed E-state index contributed by atoms with van der Waals surface area (Å²) < 4.78 is 7.07. The Bertz CT molecular complexity index is 768. The lowest BCUT2D eigenvalue weighted by Crippen LogP contribution is -1.78. The third-order valence-electron chi connectivity index (χ3n) is 3.22. The van der Waals surface area contributed by atoms with Gasteiger partial charge in [-0.15, -0.1) is 0 Å². The summed E-state index contributed by atoms with van der Waals surface area (Å²) in [6.07, 6.45) is 4.21. The fourth-order valence-electron chi connectivity index (χ4n) is 1.96. The van der Waals surface area contributed by atoms with Crippen molar-refractivity contribution in [3.8, 4) is 5.75 Å². The molecule has 0 unspecified atom stereocenters. The molecule has 1 nitrogen and oxygen atoms in total. The monoisotopic (exact) mass is 444 g/mol. The zero-order chi connectivity index (χ0) is 17.2. The molecule has 0 amide bonds. The lowest BCUT2D eigenvalue weighted by molar-refractivity contribution is 0.415. The van der Waals surface area contributed by atoms with Gasteiger partial charge in [0, 0.05) is 8.95 Å². The van der Waals surface area contributed by atoms with Crippen molar-refractivity contribution >= 4 is 44.0 Å². The first kappa shape index (κ1) is 18.5. The minimum atomic E-state index is 0.910. The Balaban J connectivity index is 0.000000219. The van der Waals surface area contributed by atoms with Gasteiger partial charge in [0.1, 0.15) is 5.75 Å². The minimum absolute atomic E-state index is 0.910. The van der Waals surface area contributed by atoms with Crippen LogP contribution < -0.4 is 4.74 Å². The van der Waals surface area contributed by atoms with Crippen molar-refractivity contribution in [2.24, 2.45) is 0 Å². The van der Waals surface area contributed by atoms with Crippen molar-refractivity contribution in [1.29, 1.82) is 0 Å². The maximum atomic E-state index is 4.91. The zero-order valence-corrected chi connectivity index (χ0v) is 16.5. The van der Waals surface area contributed by atoms with Gasteiger partial charge >= 0.3 is 0 Å². The second-order valence-corrected chi connectivity index (χ2v) is 6.55. The summed E-state index contributed by atoms with van der Waals surface area (Å²) in [5.41, 5.74) is 2.37. The Kier molecular flexibility index (Phi) is 7.80. The molecule has 0 N–H and O–H groups in total. The lowest BCUT2D eigenvalue weighted by atomic mass is 10.1. The van der Waals surface area contributed by atoms with Crippen LogP contribution in [-0.2, 0) is 0 Å². The van der Waals surface area contributed by atoms with Crippen LogP contribution in [0.25, 0.3) is 12.2 Å². The van der Waals surface area contributed by atoms with E-state index in [1.807, 2.05) is 60.7 Å². The summed E-state index contributed by atoms with van der Waals surface area (Å²) in [4.78, 5) is 0. The van der Waals surface area contributed by atoms with E-state index in [0.29, 0.717) is 0 Å². The first-order valence-corrected chi connectivity index (χ1v) is 9.05. The van der Waals surface area contributed by atoms with Gasteiger partial charge in [-0.1, -0.05) is 72.8 Å². The maximum Gasteiger partial charge on any atom is 0.118 e. The maximum absolute atomic E-state index is 4.91. The average Bonchev–Trinajstić information content (AvgIpc) is 2.65. The summed E-state index contributed by atoms with van der Waals surface area (Å²) in [5.74, 6) is 0.910.